The summed E-state index contributed by atoms with van der Waals surface area (Å²) in [6.07, 6.45) is 13.0. The Kier molecular flexibility index (Phi) is 46.1. The quantitative estimate of drug-likeness (QED) is 0.0119. The van der Waals surface area contributed by atoms with Crippen molar-refractivity contribution in [3.8, 4) is 0 Å². The summed E-state index contributed by atoms with van der Waals surface area (Å²) in [4.78, 5) is 61.6. The molecule has 11 aromatic rings. The zero-order valence-corrected chi connectivity index (χ0v) is 84.2. The highest BCUT2D eigenvalue weighted by Crippen LogP contribution is 2.42. The molecule has 7 aliphatic carbocycles. The molecule has 0 aromatic heterocycles. The minimum atomic E-state index is -0.808. The summed E-state index contributed by atoms with van der Waals surface area (Å²) in [7, 11) is 0. The number of carbonyl (C=O) groups excluding carboxylic acids is 4. The monoisotopic (exact) mass is 1940 g/mol. The van der Waals surface area contributed by atoms with Gasteiger partial charge in [-0.25, -0.2) is 4.79 Å². The number of hydrogen-bond acceptors (Lipinski definition) is 18. The van der Waals surface area contributed by atoms with E-state index in [0.717, 1.165) is 103 Å². The number of nitrogens with one attached hydrogen (secondary N) is 1. The normalized spacial score (nSPS) is 17.0. The van der Waals surface area contributed by atoms with Crippen LogP contribution in [0.2, 0.25) is 0 Å². The number of halogens is 1. The Bertz CT molecular complexity index is 5510. The van der Waals surface area contributed by atoms with Crippen molar-refractivity contribution in [1.82, 2.24) is 10.4 Å². The second kappa shape index (κ2) is 59.0. The lowest BCUT2D eigenvalue weighted by atomic mass is 9.85. The number of aliphatic hydroxyl groups excluding tert-OH is 1. The van der Waals surface area contributed by atoms with Crippen LogP contribution in [0.1, 0.15) is 299 Å². The lowest BCUT2D eigenvalue weighted by Crippen LogP contribution is -2.32. The summed E-state index contributed by atoms with van der Waals surface area (Å²) < 4.78 is 45.2. The second-order valence-electron chi connectivity index (χ2n) is 37.2. The van der Waals surface area contributed by atoms with Crippen LogP contribution in [0.3, 0.4) is 0 Å². The number of alkyl halides is 1. The van der Waals surface area contributed by atoms with Gasteiger partial charge < -0.3 is 75.5 Å². The third kappa shape index (κ3) is 34.3. The van der Waals surface area contributed by atoms with E-state index in [4.69, 9.17) is 81.7 Å². The van der Waals surface area contributed by atoms with E-state index in [-0.39, 0.29) is 50.1 Å². The minimum absolute atomic E-state index is 0.0145. The summed E-state index contributed by atoms with van der Waals surface area (Å²) in [5, 5.41) is 20.5. The van der Waals surface area contributed by atoms with Crippen LogP contribution in [-0.2, 0) is 115 Å². The maximum absolute atomic E-state index is 12.1. The van der Waals surface area contributed by atoms with Crippen molar-refractivity contribution in [3.63, 3.8) is 0 Å². The average Bonchev–Trinajstić information content (AvgIpc) is 1.31. The smallest absolute Gasteiger partial charge is 0.363 e. The number of carboxylic acid groups (broad SMARTS) is 1. The van der Waals surface area contributed by atoms with Crippen molar-refractivity contribution in [1.29, 1.82) is 0 Å². The molecule has 1 aliphatic heterocycles. The van der Waals surface area contributed by atoms with Gasteiger partial charge in [-0.2, -0.15) is 0 Å². The maximum atomic E-state index is 12.1. The Morgan fingerprint density at radius 2 is 0.645 bits per heavy atom. The Morgan fingerprint density at radius 1 is 0.355 bits per heavy atom. The minimum Gasteiger partial charge on any atom is -0.481 e. The van der Waals surface area contributed by atoms with Crippen LogP contribution in [0.15, 0.2) is 267 Å². The van der Waals surface area contributed by atoms with Crippen molar-refractivity contribution < 1.29 is 76.9 Å². The number of hydrogen-bond donors (Lipinski definition) is 6. The van der Waals surface area contributed by atoms with Gasteiger partial charge in [-0.15, -0.1) is 16.7 Å². The number of ether oxygens (including phenoxy) is 8. The Morgan fingerprint density at radius 3 is 0.950 bits per heavy atom. The summed E-state index contributed by atoms with van der Waals surface area (Å²) in [5.74, 6) is 0.184. The van der Waals surface area contributed by atoms with Gasteiger partial charge in [0, 0.05) is 115 Å². The van der Waals surface area contributed by atoms with Crippen LogP contribution < -0.4 is 22.5 Å². The Balaban J connectivity index is 0.000000154. The van der Waals surface area contributed by atoms with Crippen molar-refractivity contribution in [2.75, 3.05) is 85.6 Å². The highest BCUT2D eigenvalue weighted by atomic mass is 35.5. The first-order valence-corrected chi connectivity index (χ1v) is 50.7. The van der Waals surface area contributed by atoms with Gasteiger partial charge in [-0.1, -0.05) is 298 Å². The lowest BCUT2D eigenvalue weighted by Gasteiger charge is -2.29. The molecule has 0 saturated carbocycles. The number of carbonyl (C=O) groups is 5. The molecular formula is C119H146ClN5O16. The highest BCUT2D eigenvalue weighted by molar-refractivity contribution is 6.17. The number of hydroxylamine groups is 2. The number of nitrogens with two attached hydrogens (primary N) is 3. The van der Waals surface area contributed by atoms with Gasteiger partial charge in [-0.05, 0) is 198 Å². The van der Waals surface area contributed by atoms with Crippen molar-refractivity contribution in [3.05, 3.63) is 389 Å². The third-order valence-electron chi connectivity index (χ3n) is 25.7. The van der Waals surface area contributed by atoms with E-state index in [2.05, 4.69) is 249 Å². The molecule has 7 unspecified atom stereocenters. The number of imide groups is 1. The van der Waals surface area contributed by atoms with Crippen LogP contribution >= 0.6 is 11.6 Å². The molecular weight excluding hydrogens is 1790 g/mol. The molecule has 3 amide bonds. The fraction of sp³-hybridized carbons (Fsp3) is 0.403. The first-order chi connectivity index (χ1) is 68.5. The molecule has 141 heavy (non-hydrogen) atoms. The number of aliphatic hydroxyl groups is 1. The van der Waals surface area contributed by atoms with Gasteiger partial charge >= 0.3 is 11.9 Å². The number of aliphatic carboxylic acids is 1. The van der Waals surface area contributed by atoms with E-state index in [0.29, 0.717) is 129 Å². The third-order valence-corrected chi connectivity index (χ3v) is 26.0. The molecule has 19 rings (SSSR count). The van der Waals surface area contributed by atoms with Crippen LogP contribution in [0.5, 0.6) is 0 Å². The second-order valence-corrected chi connectivity index (χ2v) is 37.5. The molecule has 8 aliphatic rings. The first-order valence-electron chi connectivity index (χ1n) is 50.2. The molecule has 11 aromatic carbocycles. The van der Waals surface area contributed by atoms with Crippen molar-refractivity contribution >= 4 is 41.3 Å². The molecule has 21 nitrogen and oxygen atoms in total. The predicted molar refractivity (Wildman–Crippen MR) is 557 cm³/mol. The van der Waals surface area contributed by atoms with E-state index in [9.17, 15) is 24.0 Å². The molecule has 0 bridgehead atoms. The van der Waals surface area contributed by atoms with E-state index in [1.807, 2.05) is 66.7 Å². The summed E-state index contributed by atoms with van der Waals surface area (Å²) in [5.41, 5.74) is 43.7. The zero-order valence-electron chi connectivity index (χ0n) is 83.4. The fourth-order valence-electron chi connectivity index (χ4n) is 16.8. The fourth-order valence-corrected chi connectivity index (χ4v) is 17.0. The van der Waals surface area contributed by atoms with Gasteiger partial charge in [0.25, 0.3) is 17.7 Å². The van der Waals surface area contributed by atoms with Gasteiger partial charge in [0.15, 0.2) is 0 Å². The van der Waals surface area contributed by atoms with Crippen LogP contribution in [0, 0.1) is 0 Å². The van der Waals surface area contributed by atoms with Crippen LogP contribution in [0.25, 0.3) is 0 Å². The number of carboxylic acids is 1. The number of benzene rings is 11. The van der Waals surface area contributed by atoms with Gasteiger partial charge in [0.1, 0.15) is 0 Å². The molecule has 1 heterocycles. The zero-order chi connectivity index (χ0) is 100. The Labute approximate surface area is 839 Å². The Hall–Kier alpha value is -11.2. The van der Waals surface area contributed by atoms with Crippen LogP contribution in [-0.4, -0.2) is 131 Å². The van der Waals surface area contributed by atoms with Gasteiger partial charge in [0.05, 0.1) is 87.7 Å². The molecule has 1 saturated heterocycles. The standard InChI is InChI=1S/C21H25NO2.C21H26O2.C14H15NO4.2C11H15NO.C11H12O3.C10H13Cl.C10H13NO.C10H12O2/c1-15(2)16-8-10-17(11-9-16)21(23)22-12-5-13-24-20-14-18-6-3-4-7-19(18)20;1-16(2)18-10-8-17(9-11-18)15-22-12-5-13-23-21-14-19-6-3-4-7-20(19)21;1-9(2)10-3-5-11(6-4-10)14(18)19-15-12(16)7-8-13(15)17;2*12-6-3-7-13-11-8-9-4-1-2-5-10(9)11;12-11(13)5-6-14-10-7-8-3-1-2-4-9(8)10;1-8(2)10-5-3-9(7-11)4-6-10;2*11-5-6-12-10-7-8-3-1-2-4-9(8)10/h3-4,6-11,15,20H,5,12-14H2,1-2H3,(H,22,23);3-4,6-11,16,21H,5,12-15H2,1-2H3;3-6,9H,7-8H2,1-2H3;2*1-2,4-5,11H,3,6-8,12H2;1-4,10H,5-7H2,(H,12,13);3-6,8H,7H2,1-2H3;1-4,10H,5-7,11H2;1-4,10-11H,5-7H2. The molecule has 750 valence electrons. The average molecular weight is 1940 g/mol. The summed E-state index contributed by atoms with van der Waals surface area (Å²) in [6, 6.07) is 90.5. The van der Waals surface area contributed by atoms with Crippen molar-refractivity contribution in [2.24, 2.45) is 17.2 Å². The molecule has 9 N–H and O–H groups in total. The van der Waals surface area contributed by atoms with Gasteiger partial charge in [0.2, 0.25) is 0 Å². The largest absolute Gasteiger partial charge is 0.481 e. The highest BCUT2D eigenvalue weighted by Gasteiger charge is 2.35. The van der Waals surface area contributed by atoms with E-state index >= 15 is 0 Å². The molecule has 7 atom stereocenters. The molecule has 22 heteroatoms. The number of rotatable bonds is 38. The SMILES string of the molecule is CC(C)c1ccc(C(=O)NCCCOC2Cc3ccccc32)cc1.CC(C)c1ccc(C(=O)ON2C(=O)CCC2=O)cc1.CC(C)c1ccc(CCl)cc1.CC(C)c1ccc(COCCCOC2Cc3ccccc32)cc1.NCCCOC1Cc2ccccc21.NCCCOC1Cc2ccccc21.NCCOC1Cc2ccccc21.O=C(O)CCOC1Cc2ccccc21.OCCOC1Cc2ccccc21. The lowest BCUT2D eigenvalue weighted by molar-refractivity contribution is -0.172. The molecule has 0 radical (unpaired) electrons. The van der Waals surface area contributed by atoms with E-state index < -0.39 is 23.8 Å². The maximum Gasteiger partial charge on any atom is 0.363 e. The topological polar surface area (TPSA) is 302 Å². The van der Waals surface area contributed by atoms with Crippen LogP contribution in [0.4, 0.5) is 0 Å². The predicted octanol–water partition coefficient (Wildman–Crippen LogP) is 22.5. The van der Waals surface area contributed by atoms with E-state index in [1.165, 1.54) is 106 Å². The van der Waals surface area contributed by atoms with E-state index in [1.54, 1.807) is 12.1 Å². The number of amides is 3. The molecule has 0 spiro atoms. The first kappa shape index (κ1) is 110. The molecule has 1 fully saturated rings. The summed E-state index contributed by atoms with van der Waals surface area (Å²) >= 11 is 5.66. The van der Waals surface area contributed by atoms with Gasteiger partial charge in [-0.3, -0.25) is 19.2 Å². The number of nitrogens with zero attached hydrogens (tertiary/aromatic N) is 1. The van der Waals surface area contributed by atoms with Crippen molar-refractivity contribution in [2.45, 2.75) is 224 Å². The number of fused-ring (bicyclic) bond motifs is 7. The summed E-state index contributed by atoms with van der Waals surface area (Å²) in [6.45, 7) is 25.9.